The van der Waals surface area contributed by atoms with Gasteiger partial charge in [-0.1, -0.05) is 0 Å². The molecule has 0 radical (unpaired) electrons. The van der Waals surface area contributed by atoms with Crippen molar-refractivity contribution in [3.63, 3.8) is 0 Å². The molecule has 0 spiro atoms. The van der Waals surface area contributed by atoms with E-state index in [9.17, 15) is 4.79 Å². The first-order valence-corrected chi connectivity index (χ1v) is 4.03. The third kappa shape index (κ3) is 1.47. The fourth-order valence-electron chi connectivity index (χ4n) is 1.14. The van der Waals surface area contributed by atoms with Crippen LogP contribution in [0, 0.1) is 0 Å². The average Bonchev–Trinajstić information content (AvgIpc) is 2.58. The zero-order valence-electron chi connectivity index (χ0n) is 7.29. The van der Waals surface area contributed by atoms with Crippen molar-refractivity contribution in [3.8, 4) is 0 Å². The summed E-state index contributed by atoms with van der Waals surface area (Å²) in [5.74, 6) is 0.112. The lowest BCUT2D eigenvalue weighted by Crippen LogP contribution is -2.05. The molecule has 0 aliphatic rings. The van der Waals surface area contributed by atoms with Gasteiger partial charge in [0.2, 0.25) is 11.7 Å². The van der Waals surface area contributed by atoms with Crippen LogP contribution < -0.4 is 5.73 Å². The third-order valence-electron chi connectivity index (χ3n) is 1.74. The summed E-state index contributed by atoms with van der Waals surface area (Å²) in [6, 6.07) is 1.79. The van der Waals surface area contributed by atoms with E-state index in [2.05, 4.69) is 9.97 Å². The number of hydrogen-bond acceptors (Lipinski definition) is 3. The number of hydrogen-bond donors (Lipinski definition) is 1. The molecular formula is C9H8N4O. The molecular weight excluding hydrogens is 180 g/mol. The summed E-state index contributed by atoms with van der Waals surface area (Å²) in [4.78, 5) is 18.6. The number of nitrogens with two attached hydrogens (primary N) is 1. The van der Waals surface area contributed by atoms with Gasteiger partial charge in [-0.2, -0.15) is 0 Å². The van der Waals surface area contributed by atoms with Gasteiger partial charge in [0.25, 0.3) is 0 Å². The standard InChI is InChI=1S/C9H8N4O/c10-8(14)3-2-7-6-12-9-11-4-1-5-13(7)9/h1-6H,(H2,10,14). The predicted octanol–water partition coefficient (Wildman–Crippen LogP) is 0.228. The Morgan fingerprint density at radius 3 is 3.14 bits per heavy atom. The fraction of sp³-hybridized carbons (Fsp3) is 0. The van der Waals surface area contributed by atoms with E-state index < -0.39 is 5.91 Å². The normalized spacial score (nSPS) is 11.1. The number of primary amides is 1. The fourth-order valence-corrected chi connectivity index (χ4v) is 1.14. The molecule has 14 heavy (non-hydrogen) atoms. The van der Waals surface area contributed by atoms with Crippen molar-refractivity contribution < 1.29 is 4.79 Å². The molecule has 0 aliphatic heterocycles. The van der Waals surface area contributed by atoms with E-state index in [-0.39, 0.29) is 0 Å². The Kier molecular flexibility index (Phi) is 1.98. The van der Waals surface area contributed by atoms with Crippen LogP contribution in [0.2, 0.25) is 0 Å². The molecule has 0 saturated heterocycles. The van der Waals surface area contributed by atoms with Gasteiger partial charge in [-0.15, -0.1) is 0 Å². The number of carbonyl (C=O) groups excluding carboxylic acids is 1. The molecule has 2 heterocycles. The minimum Gasteiger partial charge on any atom is -0.366 e. The Morgan fingerprint density at radius 1 is 1.50 bits per heavy atom. The lowest BCUT2D eigenvalue weighted by molar-refractivity contribution is -0.113. The Bertz CT molecular complexity index is 500. The Labute approximate surface area is 79.9 Å². The number of aromatic nitrogens is 3. The molecule has 2 aromatic heterocycles. The molecule has 0 saturated carbocycles. The van der Waals surface area contributed by atoms with E-state index in [4.69, 9.17) is 5.73 Å². The van der Waals surface area contributed by atoms with Crippen LogP contribution in [0.3, 0.4) is 0 Å². The molecule has 2 rings (SSSR count). The topological polar surface area (TPSA) is 73.3 Å². The van der Waals surface area contributed by atoms with E-state index in [1.807, 2.05) is 6.20 Å². The van der Waals surface area contributed by atoms with Crippen molar-refractivity contribution in [2.24, 2.45) is 5.73 Å². The van der Waals surface area contributed by atoms with Crippen molar-refractivity contribution in [1.29, 1.82) is 0 Å². The average molecular weight is 188 g/mol. The number of fused-ring (bicyclic) bond motifs is 1. The molecule has 0 unspecified atom stereocenters. The number of nitrogens with zero attached hydrogens (tertiary/aromatic N) is 3. The monoisotopic (exact) mass is 188 g/mol. The van der Waals surface area contributed by atoms with Crippen molar-refractivity contribution in [3.05, 3.63) is 36.4 Å². The number of rotatable bonds is 2. The molecule has 5 nitrogen and oxygen atoms in total. The summed E-state index contributed by atoms with van der Waals surface area (Å²) < 4.78 is 1.76. The summed E-state index contributed by atoms with van der Waals surface area (Å²) in [6.45, 7) is 0. The lowest BCUT2D eigenvalue weighted by Gasteiger charge is -1.92. The van der Waals surface area contributed by atoms with Gasteiger partial charge in [-0.05, 0) is 12.1 Å². The second kappa shape index (κ2) is 3.29. The summed E-state index contributed by atoms with van der Waals surface area (Å²) >= 11 is 0. The van der Waals surface area contributed by atoms with Gasteiger partial charge in [0.05, 0.1) is 11.9 Å². The number of imidazole rings is 1. The number of amides is 1. The largest absolute Gasteiger partial charge is 0.366 e. The van der Waals surface area contributed by atoms with Crippen LogP contribution in [0.15, 0.2) is 30.7 Å². The first kappa shape index (κ1) is 8.43. The van der Waals surface area contributed by atoms with Crippen molar-refractivity contribution in [2.75, 3.05) is 0 Å². The summed E-state index contributed by atoms with van der Waals surface area (Å²) in [7, 11) is 0. The van der Waals surface area contributed by atoms with Crippen LogP contribution in [-0.2, 0) is 4.79 Å². The maximum Gasteiger partial charge on any atom is 0.241 e. The SMILES string of the molecule is NC(=O)C=Cc1cnc2ncccn12. The van der Waals surface area contributed by atoms with Gasteiger partial charge in [0.15, 0.2) is 0 Å². The minimum atomic E-state index is -0.483. The minimum absolute atomic E-state index is 0.483. The van der Waals surface area contributed by atoms with E-state index in [1.54, 1.807) is 28.9 Å². The first-order valence-electron chi connectivity index (χ1n) is 4.03. The van der Waals surface area contributed by atoms with Gasteiger partial charge >= 0.3 is 0 Å². The third-order valence-corrected chi connectivity index (χ3v) is 1.74. The molecule has 70 valence electrons. The van der Waals surface area contributed by atoms with Crippen molar-refractivity contribution in [2.45, 2.75) is 0 Å². The van der Waals surface area contributed by atoms with Crippen LogP contribution >= 0.6 is 0 Å². The Hall–Kier alpha value is -2.17. The summed E-state index contributed by atoms with van der Waals surface area (Å²) in [5.41, 5.74) is 5.75. The van der Waals surface area contributed by atoms with E-state index in [0.29, 0.717) is 5.78 Å². The first-order chi connectivity index (χ1) is 6.77. The molecule has 0 aromatic carbocycles. The molecule has 5 heteroatoms. The second-order valence-electron chi connectivity index (χ2n) is 2.71. The van der Waals surface area contributed by atoms with Gasteiger partial charge in [0.1, 0.15) is 0 Å². The van der Waals surface area contributed by atoms with E-state index in [0.717, 1.165) is 5.69 Å². The maximum atomic E-state index is 10.5. The predicted molar refractivity (Wildman–Crippen MR) is 51.2 cm³/mol. The molecule has 0 bridgehead atoms. The summed E-state index contributed by atoms with van der Waals surface area (Å²) in [6.07, 6.45) is 7.99. The van der Waals surface area contributed by atoms with Gasteiger partial charge in [-0.25, -0.2) is 9.97 Å². The van der Waals surface area contributed by atoms with Crippen LogP contribution in [0.5, 0.6) is 0 Å². The van der Waals surface area contributed by atoms with Crippen LogP contribution in [0.25, 0.3) is 11.9 Å². The smallest absolute Gasteiger partial charge is 0.241 e. The molecule has 0 atom stereocenters. The van der Waals surface area contributed by atoms with E-state index >= 15 is 0 Å². The highest BCUT2D eigenvalue weighted by molar-refractivity contribution is 5.90. The van der Waals surface area contributed by atoms with Crippen molar-refractivity contribution >= 4 is 17.8 Å². The Balaban J connectivity index is 2.48. The highest BCUT2D eigenvalue weighted by Crippen LogP contribution is 2.04. The molecule has 2 aromatic rings. The van der Waals surface area contributed by atoms with Crippen molar-refractivity contribution in [1.82, 2.24) is 14.4 Å². The molecule has 2 N–H and O–H groups in total. The van der Waals surface area contributed by atoms with E-state index in [1.165, 1.54) is 6.08 Å². The van der Waals surface area contributed by atoms with Crippen LogP contribution in [0.4, 0.5) is 0 Å². The van der Waals surface area contributed by atoms with Gasteiger partial charge < -0.3 is 5.73 Å². The second-order valence-corrected chi connectivity index (χ2v) is 2.71. The molecule has 0 fully saturated rings. The Morgan fingerprint density at radius 2 is 2.36 bits per heavy atom. The summed E-state index contributed by atoms with van der Waals surface area (Å²) in [5, 5.41) is 0. The molecule has 0 aliphatic carbocycles. The molecule has 1 amide bonds. The lowest BCUT2D eigenvalue weighted by atomic mass is 10.4. The van der Waals surface area contributed by atoms with Gasteiger partial charge in [-0.3, -0.25) is 9.20 Å². The van der Waals surface area contributed by atoms with Crippen LogP contribution in [-0.4, -0.2) is 20.3 Å². The number of carbonyl (C=O) groups is 1. The van der Waals surface area contributed by atoms with Crippen LogP contribution in [0.1, 0.15) is 5.69 Å². The quantitative estimate of drug-likeness (QED) is 0.685. The van der Waals surface area contributed by atoms with Gasteiger partial charge in [0, 0.05) is 18.5 Å². The highest BCUT2D eigenvalue weighted by atomic mass is 16.1. The zero-order valence-corrected chi connectivity index (χ0v) is 7.29. The zero-order chi connectivity index (χ0) is 9.97. The maximum absolute atomic E-state index is 10.5. The highest BCUT2D eigenvalue weighted by Gasteiger charge is 1.98.